The monoisotopic (exact) mass is 405 g/mol. The summed E-state index contributed by atoms with van der Waals surface area (Å²) in [4.78, 5) is 43.0. The van der Waals surface area contributed by atoms with Gasteiger partial charge in [-0.15, -0.1) is 0 Å². The molecule has 0 bridgehead atoms. The molecule has 1 aliphatic heterocycles. The van der Waals surface area contributed by atoms with Gasteiger partial charge in [0.05, 0.1) is 13.7 Å². The minimum atomic E-state index is -1.15. The molecule has 0 unspecified atom stereocenters. The number of aromatic amines is 1. The van der Waals surface area contributed by atoms with E-state index in [2.05, 4.69) is 10.3 Å². The van der Waals surface area contributed by atoms with Crippen molar-refractivity contribution >= 4 is 28.6 Å². The van der Waals surface area contributed by atoms with Crippen molar-refractivity contribution in [3.05, 3.63) is 65.4 Å². The zero-order valence-electron chi connectivity index (χ0n) is 17.1. The number of para-hydroxylation sites is 2. The number of amides is 3. The Morgan fingerprint density at radius 1 is 1.10 bits per heavy atom. The number of benzene rings is 2. The molecule has 3 aromatic rings. The van der Waals surface area contributed by atoms with Crippen LogP contribution in [-0.4, -0.2) is 46.8 Å². The Morgan fingerprint density at radius 2 is 1.80 bits per heavy atom. The highest BCUT2D eigenvalue weighted by molar-refractivity contribution is 6.15. The normalized spacial score (nSPS) is 18.7. The Morgan fingerprint density at radius 3 is 2.57 bits per heavy atom. The summed E-state index contributed by atoms with van der Waals surface area (Å²) in [5.74, 6) is -0.0658. The van der Waals surface area contributed by atoms with Crippen LogP contribution in [0, 0.1) is 6.92 Å². The molecule has 2 heterocycles. The summed E-state index contributed by atoms with van der Waals surface area (Å²) in [5, 5.41) is 3.54. The van der Waals surface area contributed by atoms with Crippen molar-refractivity contribution < 1.29 is 19.1 Å². The fourth-order valence-corrected chi connectivity index (χ4v) is 4.10. The van der Waals surface area contributed by atoms with Crippen LogP contribution in [0.2, 0.25) is 0 Å². The average molecular weight is 405 g/mol. The summed E-state index contributed by atoms with van der Waals surface area (Å²) >= 11 is 0. The standard InChI is InChI=1S/C23H23N3O4/c1-14-20(16-9-5-6-10-17(16)24-14)18(27)13-26-21(28)23(2,25-22(26)29)12-15-8-4-7-11-19(15)30-3/h4-11,24H,12-13H2,1-3H3,(H,25,29)/t23-/m1/s1. The number of carbonyl (C=O) groups excluding carboxylic acids is 3. The summed E-state index contributed by atoms with van der Waals surface area (Å²) in [6.07, 6.45) is 0.262. The molecule has 30 heavy (non-hydrogen) atoms. The van der Waals surface area contributed by atoms with E-state index in [-0.39, 0.29) is 18.7 Å². The zero-order chi connectivity index (χ0) is 21.5. The van der Waals surface area contributed by atoms with Crippen LogP contribution in [0.4, 0.5) is 4.79 Å². The van der Waals surface area contributed by atoms with Gasteiger partial charge in [0.1, 0.15) is 11.3 Å². The minimum absolute atomic E-state index is 0.262. The van der Waals surface area contributed by atoms with Crippen molar-refractivity contribution in [3.63, 3.8) is 0 Å². The number of methoxy groups -OCH3 is 1. The lowest BCUT2D eigenvalue weighted by molar-refractivity contribution is -0.130. The second kappa shape index (κ2) is 7.33. The van der Waals surface area contributed by atoms with Gasteiger partial charge >= 0.3 is 6.03 Å². The number of ketones is 1. The van der Waals surface area contributed by atoms with Crippen molar-refractivity contribution in [1.82, 2.24) is 15.2 Å². The Balaban J connectivity index is 1.58. The predicted octanol–water partition coefficient (Wildman–Crippen LogP) is 3.22. The molecule has 1 saturated heterocycles. The molecule has 1 fully saturated rings. The van der Waals surface area contributed by atoms with E-state index < -0.39 is 17.5 Å². The molecule has 1 aliphatic rings. The molecular weight excluding hydrogens is 382 g/mol. The number of Topliss-reactive ketones (excluding diaryl/α,β-unsaturated/α-hetero) is 1. The Labute approximate surface area is 174 Å². The molecule has 2 aromatic carbocycles. The van der Waals surface area contributed by atoms with E-state index in [1.165, 1.54) is 0 Å². The number of hydrogen-bond acceptors (Lipinski definition) is 4. The molecule has 1 atom stereocenters. The molecule has 0 aliphatic carbocycles. The Hall–Kier alpha value is -3.61. The van der Waals surface area contributed by atoms with Crippen LogP contribution >= 0.6 is 0 Å². The fourth-order valence-electron chi connectivity index (χ4n) is 4.10. The first kappa shape index (κ1) is 19.7. The third-order valence-corrected chi connectivity index (χ3v) is 5.56. The Kier molecular flexibility index (Phi) is 4.81. The Bertz CT molecular complexity index is 1170. The largest absolute Gasteiger partial charge is 0.496 e. The highest BCUT2D eigenvalue weighted by atomic mass is 16.5. The number of aromatic nitrogens is 1. The maximum absolute atomic E-state index is 13.1. The highest BCUT2D eigenvalue weighted by Crippen LogP contribution is 2.28. The number of imide groups is 1. The van der Waals surface area contributed by atoms with Gasteiger partial charge in [-0.05, 0) is 31.5 Å². The van der Waals surface area contributed by atoms with Gasteiger partial charge in [0.2, 0.25) is 0 Å². The van der Waals surface area contributed by atoms with Crippen molar-refractivity contribution in [2.24, 2.45) is 0 Å². The summed E-state index contributed by atoms with van der Waals surface area (Å²) in [6, 6.07) is 14.3. The van der Waals surface area contributed by atoms with Crippen molar-refractivity contribution in [2.75, 3.05) is 13.7 Å². The molecule has 154 valence electrons. The molecule has 0 saturated carbocycles. The van der Waals surface area contributed by atoms with Gasteiger partial charge in [-0.1, -0.05) is 36.4 Å². The minimum Gasteiger partial charge on any atom is -0.496 e. The third kappa shape index (κ3) is 3.22. The van der Waals surface area contributed by atoms with Gasteiger partial charge in [0.15, 0.2) is 5.78 Å². The van der Waals surface area contributed by atoms with Crippen LogP contribution in [-0.2, 0) is 11.2 Å². The molecule has 7 heteroatoms. The topological polar surface area (TPSA) is 91.5 Å². The van der Waals surface area contributed by atoms with E-state index in [1.807, 2.05) is 49.4 Å². The predicted molar refractivity (Wildman–Crippen MR) is 113 cm³/mol. The number of aryl methyl sites for hydroxylation is 1. The summed E-state index contributed by atoms with van der Waals surface area (Å²) in [7, 11) is 1.56. The van der Waals surface area contributed by atoms with Crippen LogP contribution < -0.4 is 10.1 Å². The van der Waals surface area contributed by atoms with E-state index in [9.17, 15) is 14.4 Å². The van der Waals surface area contributed by atoms with Crippen LogP contribution in [0.1, 0.15) is 28.5 Å². The lowest BCUT2D eigenvalue weighted by Gasteiger charge is -2.22. The van der Waals surface area contributed by atoms with Crippen molar-refractivity contribution in [1.29, 1.82) is 0 Å². The van der Waals surface area contributed by atoms with Crippen molar-refractivity contribution in [2.45, 2.75) is 25.8 Å². The number of hydrogen-bond donors (Lipinski definition) is 2. The lowest BCUT2D eigenvalue weighted by atomic mass is 9.92. The zero-order valence-corrected chi connectivity index (χ0v) is 17.1. The van der Waals surface area contributed by atoms with E-state index in [0.29, 0.717) is 17.0 Å². The summed E-state index contributed by atoms with van der Waals surface area (Å²) in [6.45, 7) is 3.17. The first-order valence-corrected chi connectivity index (χ1v) is 9.70. The van der Waals surface area contributed by atoms with Crippen LogP contribution in [0.5, 0.6) is 5.75 Å². The molecule has 0 radical (unpaired) electrons. The number of nitrogens with one attached hydrogen (secondary N) is 2. The van der Waals surface area contributed by atoms with Crippen LogP contribution in [0.15, 0.2) is 48.5 Å². The molecule has 7 nitrogen and oxygen atoms in total. The van der Waals surface area contributed by atoms with Crippen LogP contribution in [0.25, 0.3) is 10.9 Å². The fraction of sp³-hybridized carbons (Fsp3) is 0.261. The van der Waals surface area contributed by atoms with E-state index >= 15 is 0 Å². The first-order chi connectivity index (χ1) is 14.3. The van der Waals surface area contributed by atoms with Gasteiger partial charge in [0.25, 0.3) is 5.91 Å². The van der Waals surface area contributed by atoms with Gasteiger partial charge in [-0.3, -0.25) is 14.5 Å². The van der Waals surface area contributed by atoms with E-state index in [4.69, 9.17) is 4.74 Å². The number of H-pyrrole nitrogens is 1. The number of nitrogens with zero attached hydrogens (tertiary/aromatic N) is 1. The molecule has 4 rings (SSSR count). The lowest BCUT2D eigenvalue weighted by Crippen LogP contribution is -2.46. The SMILES string of the molecule is COc1ccccc1C[C@@]1(C)NC(=O)N(CC(=O)c2c(C)[nH]c3ccccc23)C1=O. The van der Waals surface area contributed by atoms with Crippen LogP contribution in [0.3, 0.4) is 0 Å². The second-order valence-corrected chi connectivity index (χ2v) is 7.74. The smallest absolute Gasteiger partial charge is 0.325 e. The highest BCUT2D eigenvalue weighted by Gasteiger charge is 2.48. The number of ether oxygens (including phenoxy) is 1. The number of urea groups is 1. The van der Waals surface area contributed by atoms with Gasteiger partial charge in [-0.25, -0.2) is 4.79 Å². The third-order valence-electron chi connectivity index (χ3n) is 5.56. The quantitative estimate of drug-likeness (QED) is 0.487. The van der Waals surface area contributed by atoms with E-state index in [1.54, 1.807) is 20.1 Å². The average Bonchev–Trinajstić information content (AvgIpc) is 3.16. The van der Waals surface area contributed by atoms with Gasteiger partial charge < -0.3 is 15.0 Å². The molecule has 2 N–H and O–H groups in total. The van der Waals surface area contributed by atoms with Gasteiger partial charge in [-0.2, -0.15) is 0 Å². The molecular formula is C23H23N3O4. The number of fused-ring (bicyclic) bond motifs is 1. The molecule has 1 aromatic heterocycles. The van der Waals surface area contributed by atoms with E-state index in [0.717, 1.165) is 21.4 Å². The van der Waals surface area contributed by atoms with Gasteiger partial charge in [0, 0.05) is 28.6 Å². The maximum Gasteiger partial charge on any atom is 0.325 e. The summed E-state index contributed by atoms with van der Waals surface area (Å²) < 4.78 is 5.36. The summed E-state index contributed by atoms with van der Waals surface area (Å²) in [5.41, 5.74) is 1.71. The first-order valence-electron chi connectivity index (χ1n) is 9.70. The molecule has 0 spiro atoms. The molecule has 3 amide bonds. The number of rotatable bonds is 6. The second-order valence-electron chi connectivity index (χ2n) is 7.74. The van der Waals surface area contributed by atoms with Crippen molar-refractivity contribution in [3.8, 4) is 5.75 Å². The maximum atomic E-state index is 13.1. The number of carbonyl (C=O) groups is 3.